The van der Waals surface area contributed by atoms with Gasteiger partial charge in [-0.1, -0.05) is 24.3 Å². The molecule has 0 fully saturated rings. The third kappa shape index (κ3) is 6.06. The van der Waals surface area contributed by atoms with Gasteiger partial charge in [0.15, 0.2) is 5.96 Å². The lowest BCUT2D eigenvalue weighted by molar-refractivity contribution is 0.323. The van der Waals surface area contributed by atoms with Crippen LogP contribution in [0.1, 0.15) is 25.0 Å². The Hall–Kier alpha value is -2.63. The van der Waals surface area contributed by atoms with Crippen LogP contribution in [0.15, 0.2) is 47.6 Å². The van der Waals surface area contributed by atoms with Crippen LogP contribution in [0.3, 0.4) is 0 Å². The van der Waals surface area contributed by atoms with Crippen molar-refractivity contribution in [3.63, 3.8) is 0 Å². The van der Waals surface area contributed by atoms with Gasteiger partial charge in [0.05, 0.1) is 13.2 Å². The smallest absolute Gasteiger partial charge is 0.218 e. The first-order valence-electron chi connectivity index (χ1n) is 8.56. The molecule has 1 heterocycles. The van der Waals surface area contributed by atoms with Crippen molar-refractivity contribution in [2.24, 2.45) is 4.99 Å². The summed E-state index contributed by atoms with van der Waals surface area (Å²) in [5.41, 5.74) is 1.62. The number of rotatable bonds is 8. The molecule has 0 atom stereocenters. The molecule has 0 aliphatic rings. The van der Waals surface area contributed by atoms with E-state index in [0.717, 1.165) is 12.1 Å². The summed E-state index contributed by atoms with van der Waals surface area (Å²) in [5.74, 6) is 1.11. The van der Waals surface area contributed by atoms with Crippen molar-refractivity contribution in [3.05, 3.63) is 59.5 Å². The minimum absolute atomic E-state index is 0.178. The highest BCUT2D eigenvalue weighted by Gasteiger charge is 2.05. The van der Waals surface area contributed by atoms with E-state index in [1.165, 1.54) is 6.07 Å². The van der Waals surface area contributed by atoms with Gasteiger partial charge in [-0.2, -0.15) is 0 Å². The maximum absolute atomic E-state index is 13.7. The molecule has 2 rings (SSSR count). The average Bonchev–Trinajstić information content (AvgIpc) is 2.62. The summed E-state index contributed by atoms with van der Waals surface area (Å²) in [5, 5.41) is 6.42. The zero-order chi connectivity index (χ0) is 17.9. The monoisotopic (exact) mass is 344 g/mol. The molecule has 0 unspecified atom stereocenters. The van der Waals surface area contributed by atoms with Crippen LogP contribution in [0.25, 0.3) is 0 Å². The van der Waals surface area contributed by atoms with E-state index >= 15 is 0 Å². The summed E-state index contributed by atoms with van der Waals surface area (Å²) in [6.07, 6.45) is 2.30. The number of pyridine rings is 1. The van der Waals surface area contributed by atoms with Crippen molar-refractivity contribution in [1.29, 1.82) is 0 Å². The zero-order valence-electron chi connectivity index (χ0n) is 14.8. The predicted molar refractivity (Wildman–Crippen MR) is 98.3 cm³/mol. The van der Waals surface area contributed by atoms with Gasteiger partial charge in [-0.15, -0.1) is 0 Å². The number of halogens is 1. The maximum Gasteiger partial charge on any atom is 0.218 e. The number of hydrogen-bond donors (Lipinski definition) is 2. The SMILES string of the molecule is CCNC(=NCc1cccnc1OCC)NCCc1ccccc1F. The molecule has 0 spiro atoms. The van der Waals surface area contributed by atoms with Gasteiger partial charge in [-0.05, 0) is 38.0 Å². The fraction of sp³-hybridized carbons (Fsp3) is 0.368. The van der Waals surface area contributed by atoms with Gasteiger partial charge >= 0.3 is 0 Å². The Morgan fingerprint density at radius 3 is 2.68 bits per heavy atom. The van der Waals surface area contributed by atoms with Gasteiger partial charge in [0.1, 0.15) is 5.82 Å². The lowest BCUT2D eigenvalue weighted by atomic mass is 10.1. The van der Waals surface area contributed by atoms with E-state index in [1.807, 2.05) is 32.0 Å². The number of nitrogens with zero attached hydrogens (tertiary/aromatic N) is 2. The second kappa shape index (κ2) is 10.3. The fourth-order valence-corrected chi connectivity index (χ4v) is 2.33. The van der Waals surface area contributed by atoms with Gasteiger partial charge < -0.3 is 15.4 Å². The van der Waals surface area contributed by atoms with Crippen LogP contribution in [0, 0.1) is 5.82 Å². The van der Waals surface area contributed by atoms with Crippen LogP contribution in [-0.4, -0.2) is 30.6 Å². The zero-order valence-corrected chi connectivity index (χ0v) is 14.8. The number of nitrogens with one attached hydrogen (secondary N) is 2. The average molecular weight is 344 g/mol. The first-order valence-corrected chi connectivity index (χ1v) is 8.56. The Morgan fingerprint density at radius 1 is 1.12 bits per heavy atom. The molecule has 0 saturated heterocycles. The number of guanidine groups is 1. The van der Waals surface area contributed by atoms with E-state index in [9.17, 15) is 4.39 Å². The number of aliphatic imine (C=N–C) groups is 1. The highest BCUT2D eigenvalue weighted by molar-refractivity contribution is 5.79. The van der Waals surface area contributed by atoms with Crippen molar-refractivity contribution in [2.45, 2.75) is 26.8 Å². The molecule has 5 nitrogen and oxygen atoms in total. The van der Waals surface area contributed by atoms with E-state index in [-0.39, 0.29) is 5.82 Å². The Balaban J connectivity index is 1.95. The molecule has 2 N–H and O–H groups in total. The van der Waals surface area contributed by atoms with Gasteiger partial charge in [-0.3, -0.25) is 0 Å². The Labute approximate surface area is 148 Å². The summed E-state index contributed by atoms with van der Waals surface area (Å²) in [7, 11) is 0. The molecule has 0 amide bonds. The topological polar surface area (TPSA) is 58.5 Å². The second-order valence-corrected chi connectivity index (χ2v) is 5.36. The largest absolute Gasteiger partial charge is 0.478 e. The van der Waals surface area contributed by atoms with E-state index in [4.69, 9.17) is 4.74 Å². The lowest BCUT2D eigenvalue weighted by Gasteiger charge is -2.12. The normalized spacial score (nSPS) is 11.2. The van der Waals surface area contributed by atoms with E-state index in [2.05, 4.69) is 20.6 Å². The highest BCUT2D eigenvalue weighted by Crippen LogP contribution is 2.15. The highest BCUT2D eigenvalue weighted by atomic mass is 19.1. The number of benzene rings is 1. The molecule has 0 saturated carbocycles. The summed E-state index contributed by atoms with van der Waals surface area (Å²) < 4.78 is 19.2. The predicted octanol–water partition coefficient (Wildman–Crippen LogP) is 2.92. The van der Waals surface area contributed by atoms with Crippen molar-refractivity contribution >= 4 is 5.96 Å². The summed E-state index contributed by atoms with van der Waals surface area (Å²) in [4.78, 5) is 8.79. The van der Waals surface area contributed by atoms with Crippen LogP contribution in [0.4, 0.5) is 4.39 Å². The quantitative estimate of drug-likeness (QED) is 0.571. The van der Waals surface area contributed by atoms with Crippen molar-refractivity contribution in [3.8, 4) is 5.88 Å². The number of hydrogen-bond acceptors (Lipinski definition) is 3. The first kappa shape index (κ1) is 18.7. The molecular weight excluding hydrogens is 319 g/mol. The number of aromatic nitrogens is 1. The molecule has 0 bridgehead atoms. The molecular formula is C19H25FN4O. The van der Waals surface area contributed by atoms with Crippen molar-refractivity contribution < 1.29 is 9.13 Å². The summed E-state index contributed by atoms with van der Waals surface area (Å²) in [6, 6.07) is 10.6. The van der Waals surface area contributed by atoms with Crippen LogP contribution in [-0.2, 0) is 13.0 Å². The summed E-state index contributed by atoms with van der Waals surface area (Å²) >= 11 is 0. The molecule has 6 heteroatoms. The fourth-order valence-electron chi connectivity index (χ4n) is 2.33. The Kier molecular flexibility index (Phi) is 7.69. The van der Waals surface area contributed by atoms with E-state index in [0.29, 0.717) is 43.5 Å². The van der Waals surface area contributed by atoms with Gasteiger partial charge in [0.2, 0.25) is 5.88 Å². The van der Waals surface area contributed by atoms with Crippen LogP contribution in [0.2, 0.25) is 0 Å². The van der Waals surface area contributed by atoms with Crippen LogP contribution >= 0.6 is 0 Å². The summed E-state index contributed by atoms with van der Waals surface area (Å²) in [6.45, 7) is 6.29. The second-order valence-electron chi connectivity index (χ2n) is 5.36. The minimum atomic E-state index is -0.178. The lowest BCUT2D eigenvalue weighted by Crippen LogP contribution is -2.38. The molecule has 134 valence electrons. The van der Waals surface area contributed by atoms with Crippen molar-refractivity contribution in [1.82, 2.24) is 15.6 Å². The molecule has 0 aliphatic heterocycles. The number of ether oxygens (including phenoxy) is 1. The van der Waals surface area contributed by atoms with Gasteiger partial charge in [0, 0.05) is 24.8 Å². The molecule has 25 heavy (non-hydrogen) atoms. The van der Waals surface area contributed by atoms with Crippen LogP contribution < -0.4 is 15.4 Å². The van der Waals surface area contributed by atoms with E-state index < -0.39 is 0 Å². The molecule has 0 radical (unpaired) electrons. The van der Waals surface area contributed by atoms with Gasteiger partial charge in [0.25, 0.3) is 0 Å². The Morgan fingerprint density at radius 2 is 1.92 bits per heavy atom. The third-order valence-corrected chi connectivity index (χ3v) is 3.53. The molecule has 2 aromatic rings. The molecule has 1 aromatic carbocycles. The minimum Gasteiger partial charge on any atom is -0.478 e. The maximum atomic E-state index is 13.7. The Bertz CT molecular complexity index is 691. The third-order valence-electron chi connectivity index (χ3n) is 3.53. The molecule has 1 aromatic heterocycles. The first-order chi connectivity index (χ1) is 12.2. The van der Waals surface area contributed by atoms with E-state index in [1.54, 1.807) is 18.3 Å². The van der Waals surface area contributed by atoms with Crippen LogP contribution in [0.5, 0.6) is 5.88 Å². The standard InChI is InChI=1S/C19H25FN4O/c1-3-21-19(23-13-11-15-8-5-6-10-17(15)20)24-14-16-9-7-12-22-18(16)25-4-2/h5-10,12H,3-4,11,13-14H2,1-2H3,(H2,21,23,24). The van der Waals surface area contributed by atoms with Gasteiger partial charge in [-0.25, -0.2) is 14.4 Å². The molecule has 0 aliphatic carbocycles. The van der Waals surface area contributed by atoms with Crippen molar-refractivity contribution in [2.75, 3.05) is 19.7 Å².